The number of carbonyl (C=O) groups is 1. The van der Waals surface area contributed by atoms with E-state index in [0.29, 0.717) is 28.7 Å². The van der Waals surface area contributed by atoms with Gasteiger partial charge < -0.3 is 4.90 Å². The molecule has 2 rings (SSSR count). The number of hydrogen-bond donors (Lipinski definition) is 0. The predicted octanol–water partition coefficient (Wildman–Crippen LogP) is 3.34. The first-order valence-corrected chi connectivity index (χ1v) is 7.20. The monoisotopic (exact) mass is 295 g/mol. The van der Waals surface area contributed by atoms with E-state index in [2.05, 4.69) is 9.59 Å². The Labute approximate surface area is 121 Å². The van der Waals surface area contributed by atoms with Crippen molar-refractivity contribution in [2.24, 2.45) is 0 Å². The number of amides is 1. The molecule has 0 spiro atoms. The topological polar surface area (TPSA) is 46.1 Å². The van der Waals surface area contributed by atoms with Crippen LogP contribution in [0.25, 0.3) is 11.3 Å². The lowest BCUT2D eigenvalue weighted by atomic mass is 10.1. The van der Waals surface area contributed by atoms with Gasteiger partial charge in [-0.3, -0.25) is 4.79 Å². The van der Waals surface area contributed by atoms with Crippen LogP contribution >= 0.6 is 23.1 Å². The standard InChI is InChI=1S/C13H14ClN3OS/c1-3-17(4-2)13(18)12-11(15-16-19-12)9-5-7-10(14)8-6-9/h5-8H,3-4H2,1-2H3. The van der Waals surface area contributed by atoms with Crippen LogP contribution in [0.1, 0.15) is 23.5 Å². The lowest BCUT2D eigenvalue weighted by molar-refractivity contribution is 0.0778. The third kappa shape index (κ3) is 2.93. The molecule has 0 saturated carbocycles. The van der Waals surface area contributed by atoms with Crippen molar-refractivity contribution >= 4 is 29.0 Å². The number of rotatable bonds is 4. The van der Waals surface area contributed by atoms with Gasteiger partial charge in [-0.2, -0.15) is 0 Å². The Bertz CT molecular complexity index is 564. The molecule has 0 bridgehead atoms. The van der Waals surface area contributed by atoms with Crippen molar-refractivity contribution in [2.45, 2.75) is 13.8 Å². The molecule has 0 N–H and O–H groups in total. The summed E-state index contributed by atoms with van der Waals surface area (Å²) < 4.78 is 3.90. The lowest BCUT2D eigenvalue weighted by Gasteiger charge is -2.17. The molecule has 1 aromatic carbocycles. The highest BCUT2D eigenvalue weighted by Gasteiger charge is 2.21. The summed E-state index contributed by atoms with van der Waals surface area (Å²) in [6.45, 7) is 5.26. The van der Waals surface area contributed by atoms with Crippen molar-refractivity contribution in [3.63, 3.8) is 0 Å². The average Bonchev–Trinajstić information content (AvgIpc) is 2.90. The molecule has 0 unspecified atom stereocenters. The molecule has 100 valence electrons. The first-order valence-electron chi connectivity index (χ1n) is 6.05. The molecule has 0 aliphatic carbocycles. The second kappa shape index (κ2) is 6.12. The van der Waals surface area contributed by atoms with Gasteiger partial charge in [0.05, 0.1) is 0 Å². The summed E-state index contributed by atoms with van der Waals surface area (Å²) in [5.41, 5.74) is 1.48. The smallest absolute Gasteiger partial charge is 0.267 e. The van der Waals surface area contributed by atoms with Crippen LogP contribution in [0.4, 0.5) is 0 Å². The summed E-state index contributed by atoms with van der Waals surface area (Å²) in [4.78, 5) is 14.7. The van der Waals surface area contributed by atoms with E-state index >= 15 is 0 Å². The highest BCUT2D eigenvalue weighted by molar-refractivity contribution is 7.08. The van der Waals surface area contributed by atoms with Crippen LogP contribution in [0.15, 0.2) is 24.3 Å². The Hall–Kier alpha value is -1.46. The van der Waals surface area contributed by atoms with E-state index in [-0.39, 0.29) is 5.91 Å². The molecular weight excluding hydrogens is 282 g/mol. The minimum Gasteiger partial charge on any atom is -0.338 e. The highest BCUT2D eigenvalue weighted by Crippen LogP contribution is 2.26. The maximum atomic E-state index is 12.4. The molecule has 1 aromatic heterocycles. The van der Waals surface area contributed by atoms with Gasteiger partial charge in [0.15, 0.2) is 0 Å². The van der Waals surface area contributed by atoms with Crippen molar-refractivity contribution in [1.29, 1.82) is 0 Å². The zero-order chi connectivity index (χ0) is 13.8. The summed E-state index contributed by atoms with van der Waals surface area (Å²) in [6, 6.07) is 7.25. The normalized spacial score (nSPS) is 10.5. The van der Waals surface area contributed by atoms with Crippen molar-refractivity contribution in [3.8, 4) is 11.3 Å². The summed E-state index contributed by atoms with van der Waals surface area (Å²) in [5.74, 6) is -0.0232. The fourth-order valence-electron chi connectivity index (χ4n) is 1.78. The number of aromatic nitrogens is 2. The van der Waals surface area contributed by atoms with Gasteiger partial charge in [0, 0.05) is 23.7 Å². The molecular formula is C13H14ClN3OS. The molecule has 0 atom stereocenters. The van der Waals surface area contributed by atoms with E-state index in [1.54, 1.807) is 17.0 Å². The van der Waals surface area contributed by atoms with Crippen molar-refractivity contribution in [2.75, 3.05) is 13.1 Å². The molecule has 0 radical (unpaired) electrons. The fraction of sp³-hybridized carbons (Fsp3) is 0.308. The molecule has 1 amide bonds. The Balaban J connectivity index is 2.37. The molecule has 0 fully saturated rings. The van der Waals surface area contributed by atoms with Crippen LogP contribution in [0.2, 0.25) is 5.02 Å². The van der Waals surface area contributed by atoms with Crippen molar-refractivity contribution < 1.29 is 4.79 Å². The maximum absolute atomic E-state index is 12.4. The Kier molecular flexibility index (Phi) is 4.50. The van der Waals surface area contributed by atoms with E-state index in [9.17, 15) is 4.79 Å². The van der Waals surface area contributed by atoms with Crippen LogP contribution in [0.5, 0.6) is 0 Å². The molecule has 19 heavy (non-hydrogen) atoms. The Morgan fingerprint density at radius 1 is 1.26 bits per heavy atom. The maximum Gasteiger partial charge on any atom is 0.267 e. The average molecular weight is 296 g/mol. The van der Waals surface area contributed by atoms with Gasteiger partial charge in [-0.15, -0.1) is 5.10 Å². The number of benzene rings is 1. The van der Waals surface area contributed by atoms with Gasteiger partial charge in [0.25, 0.3) is 5.91 Å². The minimum absolute atomic E-state index is 0.0232. The second-order valence-corrected chi connectivity index (χ2v) is 5.13. The molecule has 2 aromatic rings. The third-order valence-electron chi connectivity index (χ3n) is 2.85. The Morgan fingerprint density at radius 2 is 1.89 bits per heavy atom. The quantitative estimate of drug-likeness (QED) is 0.869. The van der Waals surface area contributed by atoms with Gasteiger partial charge in [-0.05, 0) is 37.5 Å². The van der Waals surface area contributed by atoms with Crippen molar-refractivity contribution in [3.05, 3.63) is 34.2 Å². The van der Waals surface area contributed by atoms with Crippen molar-refractivity contribution in [1.82, 2.24) is 14.5 Å². The van der Waals surface area contributed by atoms with Gasteiger partial charge >= 0.3 is 0 Å². The van der Waals surface area contributed by atoms with Crippen LogP contribution in [0, 0.1) is 0 Å². The minimum atomic E-state index is -0.0232. The van der Waals surface area contributed by atoms with Crippen LogP contribution in [0.3, 0.4) is 0 Å². The molecule has 4 nitrogen and oxygen atoms in total. The first-order chi connectivity index (χ1) is 9.17. The molecule has 0 aliphatic heterocycles. The van der Waals surface area contributed by atoms with Crippen LogP contribution < -0.4 is 0 Å². The van der Waals surface area contributed by atoms with Gasteiger partial charge in [-0.25, -0.2) is 0 Å². The fourth-order valence-corrected chi connectivity index (χ4v) is 2.56. The SMILES string of the molecule is CCN(CC)C(=O)c1snnc1-c1ccc(Cl)cc1. The summed E-state index contributed by atoms with van der Waals surface area (Å²) in [6.07, 6.45) is 0. The predicted molar refractivity (Wildman–Crippen MR) is 77.6 cm³/mol. The van der Waals surface area contributed by atoms with E-state index < -0.39 is 0 Å². The summed E-state index contributed by atoms with van der Waals surface area (Å²) in [7, 11) is 0. The molecule has 0 aliphatic rings. The van der Waals surface area contributed by atoms with Gasteiger partial charge in [-0.1, -0.05) is 28.2 Å². The van der Waals surface area contributed by atoms with E-state index in [1.807, 2.05) is 26.0 Å². The second-order valence-electron chi connectivity index (χ2n) is 3.94. The molecule has 0 saturated heterocycles. The van der Waals surface area contributed by atoms with E-state index in [1.165, 1.54) is 0 Å². The largest absolute Gasteiger partial charge is 0.338 e. The summed E-state index contributed by atoms with van der Waals surface area (Å²) in [5, 5.41) is 4.72. The van der Waals surface area contributed by atoms with E-state index in [4.69, 9.17) is 11.6 Å². The first kappa shape index (κ1) is 14.0. The number of carbonyl (C=O) groups excluding carboxylic acids is 1. The lowest BCUT2D eigenvalue weighted by Crippen LogP contribution is -2.30. The summed E-state index contributed by atoms with van der Waals surface area (Å²) >= 11 is 6.99. The number of halogens is 1. The third-order valence-corrected chi connectivity index (χ3v) is 3.82. The zero-order valence-electron chi connectivity index (χ0n) is 10.8. The molecule has 6 heteroatoms. The highest BCUT2D eigenvalue weighted by atomic mass is 35.5. The Morgan fingerprint density at radius 3 is 2.47 bits per heavy atom. The van der Waals surface area contributed by atoms with Crippen LogP contribution in [-0.4, -0.2) is 33.5 Å². The van der Waals surface area contributed by atoms with Crippen LogP contribution in [-0.2, 0) is 0 Å². The van der Waals surface area contributed by atoms with E-state index in [0.717, 1.165) is 17.1 Å². The zero-order valence-corrected chi connectivity index (χ0v) is 12.3. The van der Waals surface area contributed by atoms with Gasteiger partial charge in [0.2, 0.25) is 0 Å². The molecule has 1 heterocycles. The van der Waals surface area contributed by atoms with Gasteiger partial charge in [0.1, 0.15) is 10.6 Å². The number of nitrogens with zero attached hydrogens (tertiary/aromatic N) is 3. The number of hydrogen-bond acceptors (Lipinski definition) is 4.